The van der Waals surface area contributed by atoms with Gasteiger partial charge in [0, 0.05) is 12.5 Å². The Kier molecular flexibility index (Phi) is 3.05. The summed E-state index contributed by atoms with van der Waals surface area (Å²) in [5, 5.41) is 0. The third-order valence-corrected chi connectivity index (χ3v) is 2.12. The number of hydrogen-bond acceptors (Lipinski definition) is 4. The van der Waals surface area contributed by atoms with Gasteiger partial charge in [0.15, 0.2) is 5.76 Å². The van der Waals surface area contributed by atoms with Crippen LogP contribution in [0.25, 0.3) is 0 Å². The molecule has 0 fully saturated rings. The molecule has 0 unspecified atom stereocenters. The number of benzene rings is 1. The summed E-state index contributed by atoms with van der Waals surface area (Å²) < 4.78 is 9.88. The smallest absolute Gasteiger partial charge is 0.308 e. The molecule has 2 aromatic rings. The van der Waals surface area contributed by atoms with Gasteiger partial charge >= 0.3 is 5.97 Å². The van der Waals surface area contributed by atoms with Crippen molar-refractivity contribution in [3.8, 4) is 5.75 Å². The lowest BCUT2D eigenvalue weighted by Crippen LogP contribution is -2.03. The maximum absolute atomic E-state index is 11.8. The van der Waals surface area contributed by atoms with Crippen LogP contribution in [-0.2, 0) is 4.79 Å². The lowest BCUT2D eigenvalue weighted by molar-refractivity contribution is -0.131. The van der Waals surface area contributed by atoms with Crippen molar-refractivity contribution in [2.45, 2.75) is 6.92 Å². The fourth-order valence-corrected chi connectivity index (χ4v) is 1.39. The topological polar surface area (TPSA) is 56.5 Å². The Bertz CT molecular complexity index is 523. The van der Waals surface area contributed by atoms with Crippen molar-refractivity contribution >= 4 is 11.8 Å². The van der Waals surface area contributed by atoms with Crippen LogP contribution in [0.15, 0.2) is 47.1 Å². The first kappa shape index (κ1) is 11.1. The van der Waals surface area contributed by atoms with Gasteiger partial charge in [0.25, 0.3) is 0 Å². The zero-order valence-electron chi connectivity index (χ0n) is 9.17. The standard InChI is InChI=1S/C13H10O4/c1-9(14)17-11-6-4-10(5-7-11)13(15)12-3-2-8-16-12/h2-8H,1H3. The Morgan fingerprint density at radius 3 is 2.35 bits per heavy atom. The second kappa shape index (κ2) is 4.65. The highest BCUT2D eigenvalue weighted by molar-refractivity contribution is 6.07. The van der Waals surface area contributed by atoms with Crippen molar-refractivity contribution in [2.75, 3.05) is 0 Å². The molecule has 0 aliphatic heterocycles. The fraction of sp³-hybridized carbons (Fsp3) is 0.0769. The van der Waals surface area contributed by atoms with Crippen LogP contribution in [0.5, 0.6) is 5.75 Å². The minimum absolute atomic E-state index is 0.204. The van der Waals surface area contributed by atoms with E-state index in [2.05, 4.69) is 0 Å². The molecule has 4 nitrogen and oxygen atoms in total. The number of carbonyl (C=O) groups excluding carboxylic acids is 2. The van der Waals surface area contributed by atoms with Gasteiger partial charge in [-0.2, -0.15) is 0 Å². The van der Waals surface area contributed by atoms with Gasteiger partial charge in [0.2, 0.25) is 5.78 Å². The number of esters is 1. The van der Waals surface area contributed by atoms with E-state index in [1.165, 1.54) is 13.2 Å². The van der Waals surface area contributed by atoms with Crippen LogP contribution in [-0.4, -0.2) is 11.8 Å². The summed E-state index contributed by atoms with van der Waals surface area (Å²) in [6.07, 6.45) is 1.44. The van der Waals surface area contributed by atoms with Gasteiger partial charge in [-0.1, -0.05) is 0 Å². The van der Waals surface area contributed by atoms with Crippen molar-refractivity contribution in [3.63, 3.8) is 0 Å². The van der Waals surface area contributed by atoms with E-state index in [9.17, 15) is 9.59 Å². The van der Waals surface area contributed by atoms with E-state index in [4.69, 9.17) is 9.15 Å². The van der Waals surface area contributed by atoms with Gasteiger partial charge in [-0.25, -0.2) is 0 Å². The van der Waals surface area contributed by atoms with Crippen LogP contribution in [0.3, 0.4) is 0 Å². The predicted octanol–water partition coefficient (Wildman–Crippen LogP) is 2.44. The molecule has 2 rings (SSSR count). The van der Waals surface area contributed by atoms with E-state index in [0.717, 1.165) is 0 Å². The lowest BCUT2D eigenvalue weighted by atomic mass is 10.1. The second-order valence-electron chi connectivity index (χ2n) is 3.42. The van der Waals surface area contributed by atoms with E-state index >= 15 is 0 Å². The first-order chi connectivity index (χ1) is 8.16. The highest BCUT2D eigenvalue weighted by atomic mass is 16.5. The van der Waals surface area contributed by atoms with Crippen molar-refractivity contribution in [1.82, 2.24) is 0 Å². The normalized spacial score (nSPS) is 9.94. The molecule has 1 heterocycles. The quantitative estimate of drug-likeness (QED) is 0.461. The van der Waals surface area contributed by atoms with Crippen LogP contribution in [0.4, 0.5) is 0 Å². The molecule has 17 heavy (non-hydrogen) atoms. The van der Waals surface area contributed by atoms with Crippen molar-refractivity contribution in [3.05, 3.63) is 54.0 Å². The van der Waals surface area contributed by atoms with Gasteiger partial charge < -0.3 is 9.15 Å². The van der Waals surface area contributed by atoms with Crippen LogP contribution in [0.2, 0.25) is 0 Å². The van der Waals surface area contributed by atoms with Crippen molar-refractivity contribution < 1.29 is 18.7 Å². The van der Waals surface area contributed by atoms with E-state index in [1.807, 2.05) is 0 Å². The Hall–Kier alpha value is -2.36. The van der Waals surface area contributed by atoms with Crippen molar-refractivity contribution in [1.29, 1.82) is 0 Å². The number of carbonyl (C=O) groups is 2. The number of hydrogen-bond donors (Lipinski definition) is 0. The molecule has 0 amide bonds. The highest BCUT2D eigenvalue weighted by Crippen LogP contribution is 2.15. The largest absolute Gasteiger partial charge is 0.461 e. The predicted molar refractivity (Wildman–Crippen MR) is 59.9 cm³/mol. The van der Waals surface area contributed by atoms with Gasteiger partial charge in [-0.15, -0.1) is 0 Å². The molecular weight excluding hydrogens is 220 g/mol. The van der Waals surface area contributed by atoms with Gasteiger partial charge in [-0.3, -0.25) is 9.59 Å². The third kappa shape index (κ3) is 2.60. The maximum atomic E-state index is 11.8. The van der Waals surface area contributed by atoms with Crippen LogP contribution in [0, 0.1) is 0 Å². The average molecular weight is 230 g/mol. The summed E-state index contributed by atoms with van der Waals surface area (Å²) in [7, 11) is 0. The molecule has 0 radical (unpaired) electrons. The molecule has 0 N–H and O–H groups in total. The van der Waals surface area contributed by atoms with E-state index in [-0.39, 0.29) is 11.5 Å². The minimum Gasteiger partial charge on any atom is -0.461 e. The molecule has 0 aliphatic carbocycles. The molecule has 0 saturated carbocycles. The summed E-state index contributed by atoms with van der Waals surface area (Å²) in [5.41, 5.74) is 0.482. The first-order valence-corrected chi connectivity index (χ1v) is 5.03. The van der Waals surface area contributed by atoms with E-state index in [0.29, 0.717) is 11.3 Å². The highest BCUT2D eigenvalue weighted by Gasteiger charge is 2.11. The third-order valence-electron chi connectivity index (χ3n) is 2.12. The first-order valence-electron chi connectivity index (χ1n) is 5.03. The molecule has 1 aromatic heterocycles. The Morgan fingerprint density at radius 2 is 1.82 bits per heavy atom. The summed E-state index contributed by atoms with van der Waals surface area (Å²) in [4.78, 5) is 22.6. The summed E-state index contributed by atoms with van der Waals surface area (Å²) >= 11 is 0. The van der Waals surface area contributed by atoms with Crippen LogP contribution < -0.4 is 4.74 Å². The average Bonchev–Trinajstić information content (AvgIpc) is 2.82. The number of ketones is 1. The zero-order valence-corrected chi connectivity index (χ0v) is 9.17. The molecule has 0 aliphatic rings. The molecule has 0 atom stereocenters. The zero-order chi connectivity index (χ0) is 12.3. The van der Waals surface area contributed by atoms with Crippen molar-refractivity contribution in [2.24, 2.45) is 0 Å². The monoisotopic (exact) mass is 230 g/mol. The van der Waals surface area contributed by atoms with E-state index < -0.39 is 5.97 Å². The molecule has 1 aromatic carbocycles. The summed E-state index contributed by atoms with van der Waals surface area (Å²) in [5.74, 6) is 0.0956. The van der Waals surface area contributed by atoms with Gasteiger partial charge in [0.1, 0.15) is 5.75 Å². The molecule has 0 spiro atoms. The van der Waals surface area contributed by atoms with E-state index in [1.54, 1.807) is 36.4 Å². The molecule has 0 saturated heterocycles. The summed E-state index contributed by atoms with van der Waals surface area (Å²) in [6.45, 7) is 1.32. The fourth-order valence-electron chi connectivity index (χ4n) is 1.39. The Labute approximate surface area is 97.8 Å². The number of rotatable bonds is 3. The lowest BCUT2D eigenvalue weighted by Gasteiger charge is -2.02. The minimum atomic E-state index is -0.393. The molecule has 0 bridgehead atoms. The molecule has 4 heteroatoms. The van der Waals surface area contributed by atoms with Crippen LogP contribution in [0.1, 0.15) is 23.0 Å². The van der Waals surface area contributed by atoms with Gasteiger partial charge in [-0.05, 0) is 36.4 Å². The Balaban J connectivity index is 2.18. The number of ether oxygens (including phenoxy) is 1. The SMILES string of the molecule is CC(=O)Oc1ccc(C(=O)c2ccco2)cc1. The molecular formula is C13H10O4. The maximum Gasteiger partial charge on any atom is 0.308 e. The van der Waals surface area contributed by atoms with Crippen LogP contribution >= 0.6 is 0 Å². The number of furan rings is 1. The molecule has 86 valence electrons. The van der Waals surface area contributed by atoms with Gasteiger partial charge in [0.05, 0.1) is 6.26 Å². The Morgan fingerprint density at radius 1 is 1.12 bits per heavy atom. The summed E-state index contributed by atoms with van der Waals surface area (Å²) in [6, 6.07) is 9.56. The second-order valence-corrected chi connectivity index (χ2v) is 3.42.